The fourth-order valence-electron chi connectivity index (χ4n) is 4.34. The molecule has 0 aromatic heterocycles. The van der Waals surface area contributed by atoms with Crippen LogP contribution in [0.25, 0.3) is 10.8 Å². The van der Waals surface area contributed by atoms with Crippen molar-refractivity contribution in [1.82, 2.24) is 16.2 Å². The smallest absolute Gasteiger partial charge is 0.270 e. The highest BCUT2D eigenvalue weighted by Crippen LogP contribution is 2.28. The van der Waals surface area contributed by atoms with E-state index < -0.39 is 17.5 Å². The first-order valence-electron chi connectivity index (χ1n) is 11.2. The van der Waals surface area contributed by atoms with Gasteiger partial charge in [0.2, 0.25) is 5.91 Å². The van der Waals surface area contributed by atoms with Gasteiger partial charge in [0.05, 0.1) is 5.56 Å². The van der Waals surface area contributed by atoms with Crippen molar-refractivity contribution in [2.75, 3.05) is 6.54 Å². The van der Waals surface area contributed by atoms with Gasteiger partial charge in [-0.05, 0) is 66.6 Å². The summed E-state index contributed by atoms with van der Waals surface area (Å²) in [6.45, 7) is 0.320. The summed E-state index contributed by atoms with van der Waals surface area (Å²) >= 11 is 0. The summed E-state index contributed by atoms with van der Waals surface area (Å²) in [5.41, 5.74) is 5.19. The molecule has 0 radical (unpaired) electrons. The van der Waals surface area contributed by atoms with E-state index in [1.807, 2.05) is 30.3 Å². The Balaban J connectivity index is 1.23. The Kier molecular flexibility index (Phi) is 7.15. The van der Waals surface area contributed by atoms with E-state index in [1.54, 1.807) is 12.1 Å². The number of hydrazine groups is 1. The highest BCUT2D eigenvalue weighted by molar-refractivity contribution is 6.07. The van der Waals surface area contributed by atoms with Crippen molar-refractivity contribution < 1.29 is 23.2 Å². The van der Waals surface area contributed by atoms with E-state index in [4.69, 9.17) is 0 Å². The standard InChI is InChI=1S/C26H25F2N3O3/c27-19-12-13-23(28)22(14-19)25(33)29-15-16-8-10-18(11-9-16)24(32)30-31-26(34)21-7-3-5-17-4-1-2-6-20(17)21/h1-7,12-14,16,18H,8-11,15H2,(H,29,33)(H,30,32)(H,31,34). The van der Waals surface area contributed by atoms with Gasteiger partial charge in [-0.25, -0.2) is 8.78 Å². The number of rotatable bonds is 5. The zero-order valence-corrected chi connectivity index (χ0v) is 18.4. The van der Waals surface area contributed by atoms with E-state index in [2.05, 4.69) is 16.2 Å². The van der Waals surface area contributed by atoms with E-state index in [0.29, 0.717) is 37.8 Å². The molecule has 3 amide bonds. The number of fused-ring (bicyclic) bond motifs is 1. The fourth-order valence-corrected chi connectivity index (χ4v) is 4.34. The summed E-state index contributed by atoms with van der Waals surface area (Å²) in [7, 11) is 0. The first-order valence-corrected chi connectivity index (χ1v) is 11.2. The lowest BCUT2D eigenvalue weighted by atomic mass is 9.81. The Morgan fingerprint density at radius 1 is 0.794 bits per heavy atom. The summed E-state index contributed by atoms with van der Waals surface area (Å²) in [5, 5.41) is 4.39. The number of nitrogens with one attached hydrogen (secondary N) is 3. The van der Waals surface area contributed by atoms with Gasteiger partial charge in [0.15, 0.2) is 0 Å². The van der Waals surface area contributed by atoms with E-state index in [-0.39, 0.29) is 29.2 Å². The summed E-state index contributed by atoms with van der Waals surface area (Å²) in [6, 6.07) is 15.7. The van der Waals surface area contributed by atoms with Crippen molar-refractivity contribution in [3.05, 3.63) is 83.4 Å². The minimum atomic E-state index is -0.773. The van der Waals surface area contributed by atoms with Crippen LogP contribution in [0.3, 0.4) is 0 Å². The zero-order valence-electron chi connectivity index (χ0n) is 18.4. The number of hydrogen-bond acceptors (Lipinski definition) is 3. The van der Waals surface area contributed by atoms with Crippen LogP contribution in [0.2, 0.25) is 0 Å². The largest absolute Gasteiger partial charge is 0.352 e. The molecule has 3 N–H and O–H groups in total. The zero-order chi connectivity index (χ0) is 24.1. The molecule has 8 heteroatoms. The SMILES string of the molecule is O=C(NCC1CCC(C(=O)NNC(=O)c2cccc3ccccc23)CC1)c1cc(F)ccc1F. The van der Waals surface area contributed by atoms with Gasteiger partial charge in [-0.1, -0.05) is 36.4 Å². The van der Waals surface area contributed by atoms with Gasteiger partial charge in [0.1, 0.15) is 11.6 Å². The van der Waals surface area contributed by atoms with Crippen LogP contribution < -0.4 is 16.2 Å². The Bertz CT molecular complexity index is 1220. The summed E-state index contributed by atoms with van der Waals surface area (Å²) in [5.74, 6) is -2.86. The van der Waals surface area contributed by atoms with E-state index in [1.165, 1.54) is 0 Å². The molecule has 1 fully saturated rings. The maximum atomic E-state index is 13.7. The maximum Gasteiger partial charge on any atom is 0.270 e. The first kappa shape index (κ1) is 23.4. The average Bonchev–Trinajstić information content (AvgIpc) is 2.87. The molecule has 0 saturated heterocycles. The molecule has 1 aliphatic carbocycles. The number of amides is 3. The second kappa shape index (κ2) is 10.4. The van der Waals surface area contributed by atoms with Gasteiger partial charge in [-0.2, -0.15) is 0 Å². The Morgan fingerprint density at radius 3 is 2.32 bits per heavy atom. The van der Waals surface area contributed by atoms with Crippen LogP contribution in [0.4, 0.5) is 8.78 Å². The van der Waals surface area contributed by atoms with E-state index in [9.17, 15) is 23.2 Å². The molecule has 0 heterocycles. The molecular formula is C26H25F2N3O3. The van der Waals surface area contributed by atoms with E-state index in [0.717, 1.165) is 29.0 Å². The van der Waals surface area contributed by atoms with Crippen molar-refractivity contribution in [3.63, 3.8) is 0 Å². The highest BCUT2D eigenvalue weighted by atomic mass is 19.1. The molecule has 4 rings (SSSR count). The number of hydrogen-bond donors (Lipinski definition) is 3. The predicted octanol–water partition coefficient (Wildman–Crippen LogP) is 4.12. The van der Waals surface area contributed by atoms with Crippen molar-refractivity contribution in [1.29, 1.82) is 0 Å². The summed E-state index contributed by atoms with van der Waals surface area (Å²) in [6.07, 6.45) is 2.60. The second-order valence-corrected chi connectivity index (χ2v) is 8.52. The van der Waals surface area contributed by atoms with Crippen LogP contribution in [0, 0.1) is 23.5 Å². The number of carbonyl (C=O) groups excluding carboxylic acids is 3. The molecule has 0 atom stereocenters. The number of benzene rings is 3. The van der Waals surface area contributed by atoms with Crippen molar-refractivity contribution >= 4 is 28.5 Å². The quantitative estimate of drug-likeness (QED) is 0.496. The third-order valence-corrected chi connectivity index (χ3v) is 6.28. The van der Waals surface area contributed by atoms with E-state index >= 15 is 0 Å². The molecule has 3 aromatic carbocycles. The lowest BCUT2D eigenvalue weighted by Gasteiger charge is -2.28. The number of halogens is 2. The third-order valence-electron chi connectivity index (χ3n) is 6.28. The predicted molar refractivity (Wildman–Crippen MR) is 124 cm³/mol. The molecule has 0 bridgehead atoms. The van der Waals surface area contributed by atoms with Gasteiger partial charge >= 0.3 is 0 Å². The van der Waals surface area contributed by atoms with Crippen molar-refractivity contribution in [3.8, 4) is 0 Å². The lowest BCUT2D eigenvalue weighted by molar-refractivity contribution is -0.127. The molecule has 3 aromatic rings. The molecule has 176 valence electrons. The van der Waals surface area contributed by atoms with Crippen LogP contribution in [0.15, 0.2) is 60.7 Å². The molecule has 1 saturated carbocycles. The van der Waals surface area contributed by atoms with Crippen molar-refractivity contribution in [2.24, 2.45) is 11.8 Å². The maximum absolute atomic E-state index is 13.7. The minimum Gasteiger partial charge on any atom is -0.352 e. The number of carbonyl (C=O) groups is 3. The van der Waals surface area contributed by atoms with Crippen LogP contribution in [0.1, 0.15) is 46.4 Å². The molecule has 0 spiro atoms. The van der Waals surface area contributed by atoms with Crippen LogP contribution in [-0.4, -0.2) is 24.3 Å². The highest BCUT2D eigenvalue weighted by Gasteiger charge is 2.27. The second-order valence-electron chi connectivity index (χ2n) is 8.52. The fraction of sp³-hybridized carbons (Fsp3) is 0.269. The van der Waals surface area contributed by atoms with Gasteiger partial charge in [-0.15, -0.1) is 0 Å². The Labute approximate surface area is 195 Å². The monoisotopic (exact) mass is 465 g/mol. The summed E-state index contributed by atoms with van der Waals surface area (Å²) < 4.78 is 27.0. The minimum absolute atomic E-state index is 0.134. The van der Waals surface area contributed by atoms with Crippen LogP contribution >= 0.6 is 0 Å². The summed E-state index contributed by atoms with van der Waals surface area (Å²) in [4.78, 5) is 37.3. The lowest BCUT2D eigenvalue weighted by Crippen LogP contribution is -2.45. The first-order chi connectivity index (χ1) is 16.4. The molecule has 34 heavy (non-hydrogen) atoms. The molecule has 1 aliphatic rings. The van der Waals surface area contributed by atoms with Crippen LogP contribution in [-0.2, 0) is 4.79 Å². The third kappa shape index (κ3) is 5.39. The normalized spacial score (nSPS) is 17.7. The molecular weight excluding hydrogens is 440 g/mol. The van der Waals surface area contributed by atoms with Gasteiger partial charge in [0.25, 0.3) is 11.8 Å². The molecule has 0 unspecified atom stereocenters. The Hall–Kier alpha value is -3.81. The Morgan fingerprint density at radius 2 is 1.53 bits per heavy atom. The molecule has 0 aliphatic heterocycles. The van der Waals surface area contributed by atoms with Gasteiger partial charge in [-0.3, -0.25) is 25.2 Å². The average molecular weight is 466 g/mol. The topological polar surface area (TPSA) is 87.3 Å². The van der Waals surface area contributed by atoms with Crippen LogP contribution in [0.5, 0.6) is 0 Å². The molecule has 6 nitrogen and oxygen atoms in total. The van der Waals surface area contributed by atoms with Crippen molar-refractivity contribution in [2.45, 2.75) is 25.7 Å². The van der Waals surface area contributed by atoms with Gasteiger partial charge < -0.3 is 5.32 Å². The van der Waals surface area contributed by atoms with Gasteiger partial charge in [0, 0.05) is 18.0 Å².